The normalized spacial score (nSPS) is 16.7. The van der Waals surface area contributed by atoms with E-state index in [2.05, 4.69) is 38.8 Å². The van der Waals surface area contributed by atoms with E-state index >= 15 is 0 Å². The summed E-state index contributed by atoms with van der Waals surface area (Å²) >= 11 is 0. The second-order valence-corrected chi connectivity index (χ2v) is 9.11. The van der Waals surface area contributed by atoms with Gasteiger partial charge in [-0.1, -0.05) is 0 Å². The molecular formula is C11H20OP2. The summed E-state index contributed by atoms with van der Waals surface area (Å²) in [7, 11) is 0.244. The molecule has 0 saturated heterocycles. The summed E-state index contributed by atoms with van der Waals surface area (Å²) in [6.45, 7) is 9.18. The van der Waals surface area contributed by atoms with E-state index in [9.17, 15) is 0 Å². The summed E-state index contributed by atoms with van der Waals surface area (Å²) in [5.74, 6) is 2.41. The second kappa shape index (κ2) is 5.89. The molecule has 3 heteroatoms. The van der Waals surface area contributed by atoms with Crippen molar-refractivity contribution in [2.45, 2.75) is 6.42 Å². The average molecular weight is 230 g/mol. The van der Waals surface area contributed by atoms with Crippen LogP contribution in [0, 0.1) is 0 Å². The Balaban J connectivity index is 2.42. The van der Waals surface area contributed by atoms with Gasteiger partial charge in [0.2, 0.25) is 0 Å². The summed E-state index contributed by atoms with van der Waals surface area (Å²) in [5.41, 5.74) is 0. The van der Waals surface area contributed by atoms with Crippen molar-refractivity contribution in [1.82, 2.24) is 0 Å². The number of ether oxygens (including phenoxy) is 1. The number of allylic oxidation sites excluding steroid dienone is 4. The van der Waals surface area contributed by atoms with Crippen LogP contribution in [0.5, 0.6) is 0 Å². The van der Waals surface area contributed by atoms with Crippen LogP contribution >= 0.6 is 15.8 Å². The molecular weight excluding hydrogens is 210 g/mol. The highest BCUT2D eigenvalue weighted by Crippen LogP contribution is 2.34. The first-order valence-corrected chi connectivity index (χ1v) is 9.77. The van der Waals surface area contributed by atoms with Gasteiger partial charge in [0.1, 0.15) is 11.5 Å². The van der Waals surface area contributed by atoms with Gasteiger partial charge in [-0.05, 0) is 45.2 Å². The SMILES string of the molecule is CP(C)CC1=CCC=C(CP(C)C)O1. The molecule has 1 rings (SSSR count). The van der Waals surface area contributed by atoms with E-state index < -0.39 is 0 Å². The Labute approximate surface area is 90.1 Å². The molecule has 0 unspecified atom stereocenters. The third-order valence-corrected chi connectivity index (χ3v) is 3.79. The lowest BCUT2D eigenvalue weighted by Gasteiger charge is -2.19. The Kier molecular flexibility index (Phi) is 5.13. The zero-order valence-electron chi connectivity index (χ0n) is 9.58. The monoisotopic (exact) mass is 230 g/mol. The van der Waals surface area contributed by atoms with Gasteiger partial charge in [-0.3, -0.25) is 0 Å². The molecule has 0 amide bonds. The van der Waals surface area contributed by atoms with E-state index in [0.717, 1.165) is 18.7 Å². The van der Waals surface area contributed by atoms with Gasteiger partial charge in [0.25, 0.3) is 0 Å². The minimum Gasteiger partial charge on any atom is -0.466 e. The molecule has 0 aromatic heterocycles. The highest BCUT2D eigenvalue weighted by Gasteiger charge is 2.10. The van der Waals surface area contributed by atoms with Crippen LogP contribution in [0.1, 0.15) is 6.42 Å². The van der Waals surface area contributed by atoms with Crippen LogP contribution in [0.4, 0.5) is 0 Å². The van der Waals surface area contributed by atoms with Gasteiger partial charge < -0.3 is 4.74 Å². The molecule has 14 heavy (non-hydrogen) atoms. The molecule has 1 nitrogen and oxygen atoms in total. The summed E-state index contributed by atoms with van der Waals surface area (Å²) < 4.78 is 5.86. The molecule has 0 aliphatic carbocycles. The van der Waals surface area contributed by atoms with Crippen LogP contribution in [-0.2, 0) is 4.74 Å². The Morgan fingerprint density at radius 2 is 1.43 bits per heavy atom. The first-order chi connectivity index (χ1) is 6.58. The van der Waals surface area contributed by atoms with Gasteiger partial charge in [0, 0.05) is 12.3 Å². The lowest BCUT2D eigenvalue weighted by molar-refractivity contribution is 0.303. The molecule has 0 atom stereocenters. The third-order valence-electron chi connectivity index (χ3n) is 1.90. The molecule has 0 fully saturated rings. The minimum absolute atomic E-state index is 0.122. The van der Waals surface area contributed by atoms with Crippen molar-refractivity contribution in [2.24, 2.45) is 0 Å². The van der Waals surface area contributed by atoms with E-state index in [1.54, 1.807) is 0 Å². The first-order valence-electron chi connectivity index (χ1n) is 4.93. The van der Waals surface area contributed by atoms with E-state index in [1.165, 1.54) is 11.5 Å². The van der Waals surface area contributed by atoms with Gasteiger partial charge in [-0.25, -0.2) is 0 Å². The highest BCUT2D eigenvalue weighted by molar-refractivity contribution is 7.56. The number of rotatable bonds is 4. The summed E-state index contributed by atoms with van der Waals surface area (Å²) in [4.78, 5) is 0. The molecule has 0 N–H and O–H groups in total. The Hall–Kier alpha value is 0.140. The van der Waals surface area contributed by atoms with Crippen molar-refractivity contribution >= 4 is 15.8 Å². The van der Waals surface area contributed by atoms with Crippen molar-refractivity contribution in [1.29, 1.82) is 0 Å². The van der Waals surface area contributed by atoms with Gasteiger partial charge in [0.15, 0.2) is 0 Å². The second-order valence-electron chi connectivity index (χ2n) is 4.15. The van der Waals surface area contributed by atoms with Crippen molar-refractivity contribution in [3.05, 3.63) is 23.7 Å². The molecule has 1 heterocycles. The Morgan fingerprint density at radius 3 is 1.79 bits per heavy atom. The zero-order valence-corrected chi connectivity index (χ0v) is 11.4. The van der Waals surface area contributed by atoms with Gasteiger partial charge in [-0.15, -0.1) is 15.8 Å². The summed E-state index contributed by atoms with van der Waals surface area (Å²) in [5, 5.41) is 0. The molecule has 0 spiro atoms. The summed E-state index contributed by atoms with van der Waals surface area (Å²) in [6.07, 6.45) is 7.78. The minimum atomic E-state index is 0.122. The number of hydrogen-bond donors (Lipinski definition) is 0. The van der Waals surface area contributed by atoms with Crippen molar-refractivity contribution in [2.75, 3.05) is 39.0 Å². The van der Waals surface area contributed by atoms with Gasteiger partial charge >= 0.3 is 0 Å². The maximum Gasteiger partial charge on any atom is 0.104 e. The highest BCUT2D eigenvalue weighted by atomic mass is 31.1. The van der Waals surface area contributed by atoms with E-state index in [4.69, 9.17) is 4.74 Å². The quantitative estimate of drug-likeness (QED) is 0.670. The topological polar surface area (TPSA) is 9.23 Å². The van der Waals surface area contributed by atoms with Gasteiger partial charge in [0.05, 0.1) is 0 Å². The molecule has 80 valence electrons. The van der Waals surface area contributed by atoms with Crippen LogP contribution in [0.15, 0.2) is 23.7 Å². The lowest BCUT2D eigenvalue weighted by atomic mass is 10.3. The molecule has 1 aliphatic rings. The smallest absolute Gasteiger partial charge is 0.104 e. The first kappa shape index (κ1) is 12.2. The zero-order chi connectivity index (χ0) is 10.6. The Morgan fingerprint density at radius 1 is 1.00 bits per heavy atom. The standard InChI is InChI=1S/C11H20OP2/c1-13(2)8-10-6-5-7-11(12-10)9-14(3)4/h6-7H,5,8-9H2,1-4H3. The largest absolute Gasteiger partial charge is 0.466 e. The summed E-state index contributed by atoms with van der Waals surface area (Å²) in [6, 6.07) is 0. The predicted molar refractivity (Wildman–Crippen MR) is 69.1 cm³/mol. The average Bonchev–Trinajstić information content (AvgIpc) is 2.01. The fraction of sp³-hybridized carbons (Fsp3) is 0.636. The van der Waals surface area contributed by atoms with Crippen LogP contribution in [0.2, 0.25) is 0 Å². The van der Waals surface area contributed by atoms with Gasteiger partial charge in [-0.2, -0.15) is 0 Å². The van der Waals surface area contributed by atoms with Crippen LogP contribution < -0.4 is 0 Å². The maximum absolute atomic E-state index is 5.86. The molecule has 0 aromatic carbocycles. The van der Waals surface area contributed by atoms with E-state index in [-0.39, 0.29) is 15.8 Å². The molecule has 0 bridgehead atoms. The van der Waals surface area contributed by atoms with Crippen molar-refractivity contribution < 1.29 is 4.74 Å². The van der Waals surface area contributed by atoms with E-state index in [1.807, 2.05) is 0 Å². The molecule has 0 saturated carbocycles. The molecule has 0 aromatic rings. The van der Waals surface area contributed by atoms with Crippen LogP contribution in [0.3, 0.4) is 0 Å². The Bertz CT molecular complexity index is 218. The third kappa shape index (κ3) is 4.58. The molecule has 0 radical (unpaired) electrons. The molecule has 1 aliphatic heterocycles. The van der Waals surface area contributed by atoms with E-state index in [0.29, 0.717) is 0 Å². The van der Waals surface area contributed by atoms with Crippen molar-refractivity contribution in [3.63, 3.8) is 0 Å². The fourth-order valence-corrected chi connectivity index (χ4v) is 3.02. The number of hydrogen-bond acceptors (Lipinski definition) is 1. The fourth-order valence-electron chi connectivity index (χ4n) is 1.39. The van der Waals surface area contributed by atoms with Crippen LogP contribution in [-0.4, -0.2) is 39.0 Å². The lowest BCUT2D eigenvalue weighted by Crippen LogP contribution is -2.03. The maximum atomic E-state index is 5.86. The predicted octanol–water partition coefficient (Wildman–Crippen LogP) is 3.66. The van der Waals surface area contributed by atoms with Crippen LogP contribution in [0.25, 0.3) is 0 Å². The van der Waals surface area contributed by atoms with Crippen molar-refractivity contribution in [3.8, 4) is 0 Å².